The number of aromatic nitrogens is 1. The number of anilines is 2. The second-order valence-electron chi connectivity index (χ2n) is 4.32. The second kappa shape index (κ2) is 6.17. The van der Waals surface area contributed by atoms with E-state index in [0.29, 0.717) is 12.1 Å². The molecule has 21 heavy (non-hydrogen) atoms. The van der Waals surface area contributed by atoms with E-state index in [2.05, 4.69) is 26.2 Å². The van der Waals surface area contributed by atoms with E-state index in [0.717, 1.165) is 12.1 Å². The molecular formula is C14H12BrF2N3O. The third-order valence-corrected chi connectivity index (χ3v) is 3.23. The van der Waals surface area contributed by atoms with E-state index in [4.69, 9.17) is 5.73 Å². The van der Waals surface area contributed by atoms with Crippen molar-refractivity contribution in [3.05, 3.63) is 51.6 Å². The van der Waals surface area contributed by atoms with Gasteiger partial charge in [0.05, 0.1) is 0 Å². The molecular weight excluding hydrogens is 344 g/mol. The second-order valence-corrected chi connectivity index (χ2v) is 5.24. The van der Waals surface area contributed by atoms with Gasteiger partial charge in [0.2, 0.25) is 0 Å². The summed E-state index contributed by atoms with van der Waals surface area (Å²) in [5, 5.41) is 2.21. The topological polar surface area (TPSA) is 68.0 Å². The van der Waals surface area contributed by atoms with Crippen LogP contribution in [0.3, 0.4) is 0 Å². The van der Waals surface area contributed by atoms with Crippen molar-refractivity contribution in [2.24, 2.45) is 0 Å². The lowest BCUT2D eigenvalue weighted by molar-refractivity contribution is 0.102. The molecule has 7 heteroatoms. The maximum absolute atomic E-state index is 13.7. The molecule has 0 saturated carbocycles. The molecule has 110 valence electrons. The third kappa shape index (κ3) is 3.55. The van der Waals surface area contributed by atoms with Crippen LogP contribution in [0.2, 0.25) is 0 Å². The Morgan fingerprint density at radius 3 is 2.48 bits per heavy atom. The molecule has 1 amide bonds. The number of pyridine rings is 1. The number of nitrogen functional groups attached to an aromatic ring is 1. The zero-order chi connectivity index (χ0) is 15.6. The van der Waals surface area contributed by atoms with Crippen molar-refractivity contribution in [3.8, 4) is 0 Å². The Morgan fingerprint density at radius 2 is 1.90 bits per heavy atom. The third-order valence-electron chi connectivity index (χ3n) is 2.77. The number of halogens is 3. The van der Waals surface area contributed by atoms with Crippen LogP contribution in [0.4, 0.5) is 20.3 Å². The van der Waals surface area contributed by atoms with E-state index in [9.17, 15) is 13.6 Å². The first-order valence-corrected chi connectivity index (χ1v) is 6.92. The predicted octanol–water partition coefficient (Wildman–Crippen LogP) is 3.52. The molecule has 0 radical (unpaired) electrons. The maximum Gasteiger partial charge on any atom is 0.256 e. The predicted molar refractivity (Wildman–Crippen MR) is 80.0 cm³/mol. The zero-order valence-electron chi connectivity index (χ0n) is 11.1. The van der Waals surface area contributed by atoms with Crippen molar-refractivity contribution in [1.82, 2.24) is 4.98 Å². The summed E-state index contributed by atoms with van der Waals surface area (Å²) in [5.74, 6) is -2.21. The van der Waals surface area contributed by atoms with Gasteiger partial charge in [-0.1, -0.05) is 22.9 Å². The molecule has 2 rings (SSSR count). The van der Waals surface area contributed by atoms with Crippen LogP contribution in [-0.4, -0.2) is 10.9 Å². The Hall–Kier alpha value is -2.02. The lowest BCUT2D eigenvalue weighted by atomic mass is 10.1. The number of rotatable bonds is 3. The van der Waals surface area contributed by atoms with Crippen LogP contribution >= 0.6 is 15.9 Å². The van der Waals surface area contributed by atoms with E-state index >= 15 is 0 Å². The molecule has 1 aromatic heterocycles. The largest absolute Gasteiger partial charge is 0.384 e. The minimum absolute atomic E-state index is 0.177. The van der Waals surface area contributed by atoms with E-state index < -0.39 is 23.2 Å². The average Bonchev–Trinajstić information content (AvgIpc) is 2.41. The smallest absolute Gasteiger partial charge is 0.256 e. The Morgan fingerprint density at radius 1 is 1.29 bits per heavy atom. The van der Waals surface area contributed by atoms with Gasteiger partial charge in [-0.2, -0.15) is 0 Å². The molecule has 0 unspecified atom stereocenters. The first kappa shape index (κ1) is 15.4. The minimum atomic E-state index is -0.868. The molecule has 4 nitrogen and oxygen atoms in total. The van der Waals surface area contributed by atoms with E-state index in [-0.39, 0.29) is 15.9 Å². The standard InChI is InChI=1S/C14H12BrF2N3O/c1-2-9-3-7(4-12(18)19-9)14(21)20-13-10(16)5-8(15)6-11(13)17/h3-6H,2H2,1H3,(H2,18,19)(H,20,21). The van der Waals surface area contributed by atoms with Crippen LogP contribution in [0.5, 0.6) is 0 Å². The van der Waals surface area contributed by atoms with Crippen LogP contribution < -0.4 is 11.1 Å². The summed E-state index contributed by atoms with van der Waals surface area (Å²) in [6, 6.07) is 5.01. The first-order chi connectivity index (χ1) is 9.90. The fourth-order valence-electron chi connectivity index (χ4n) is 1.77. The quantitative estimate of drug-likeness (QED) is 0.884. The molecule has 0 bridgehead atoms. The van der Waals surface area contributed by atoms with E-state index in [1.54, 1.807) is 0 Å². The fourth-order valence-corrected chi connectivity index (χ4v) is 2.17. The molecule has 3 N–H and O–H groups in total. The van der Waals surface area contributed by atoms with Gasteiger partial charge >= 0.3 is 0 Å². The average molecular weight is 356 g/mol. The lowest BCUT2D eigenvalue weighted by Gasteiger charge is -2.09. The van der Waals surface area contributed by atoms with Crippen molar-refractivity contribution in [2.75, 3.05) is 11.1 Å². The van der Waals surface area contributed by atoms with Crippen molar-refractivity contribution >= 4 is 33.3 Å². The summed E-state index contributed by atoms with van der Waals surface area (Å²) in [6.45, 7) is 1.86. The Balaban J connectivity index is 2.32. The number of hydrogen-bond donors (Lipinski definition) is 2. The van der Waals surface area contributed by atoms with E-state index in [1.807, 2.05) is 6.92 Å². The number of carbonyl (C=O) groups excluding carboxylic acids is 1. The van der Waals surface area contributed by atoms with Gasteiger partial charge < -0.3 is 11.1 Å². The summed E-state index contributed by atoms with van der Waals surface area (Å²) in [5.41, 5.74) is 5.91. The van der Waals surface area contributed by atoms with Crippen molar-refractivity contribution in [3.63, 3.8) is 0 Å². The number of nitrogens with zero attached hydrogens (tertiary/aromatic N) is 1. The van der Waals surface area contributed by atoms with Gasteiger partial charge in [-0.15, -0.1) is 0 Å². The first-order valence-electron chi connectivity index (χ1n) is 6.13. The number of amides is 1. The Labute approximate surface area is 128 Å². The van der Waals surface area contributed by atoms with Crippen LogP contribution in [0.25, 0.3) is 0 Å². The molecule has 0 saturated heterocycles. The number of carbonyl (C=O) groups is 1. The normalized spacial score (nSPS) is 10.5. The number of nitrogens with two attached hydrogens (primary N) is 1. The number of benzene rings is 1. The summed E-state index contributed by atoms with van der Waals surface area (Å²) < 4.78 is 27.6. The monoisotopic (exact) mass is 355 g/mol. The number of hydrogen-bond acceptors (Lipinski definition) is 3. The van der Waals surface area contributed by atoms with Crippen LogP contribution in [0.15, 0.2) is 28.7 Å². The lowest BCUT2D eigenvalue weighted by Crippen LogP contribution is -2.15. The number of aryl methyl sites for hydroxylation is 1. The molecule has 1 heterocycles. The highest BCUT2D eigenvalue weighted by atomic mass is 79.9. The van der Waals surface area contributed by atoms with Crippen molar-refractivity contribution < 1.29 is 13.6 Å². The highest BCUT2D eigenvalue weighted by Gasteiger charge is 2.15. The molecule has 0 aliphatic heterocycles. The summed E-state index contributed by atoms with van der Waals surface area (Å²) in [7, 11) is 0. The zero-order valence-corrected chi connectivity index (χ0v) is 12.7. The molecule has 2 aromatic rings. The van der Waals surface area contributed by atoms with E-state index in [1.165, 1.54) is 12.1 Å². The fraction of sp³-hybridized carbons (Fsp3) is 0.143. The van der Waals surface area contributed by atoms with Gasteiger partial charge in [0.25, 0.3) is 5.91 Å². The summed E-state index contributed by atoms with van der Waals surface area (Å²) in [6.07, 6.45) is 0.590. The van der Waals surface area contributed by atoms with Crippen molar-refractivity contribution in [2.45, 2.75) is 13.3 Å². The molecule has 0 fully saturated rings. The molecule has 0 aliphatic rings. The SMILES string of the molecule is CCc1cc(C(=O)Nc2c(F)cc(Br)cc2F)cc(N)n1. The Kier molecular flexibility index (Phi) is 4.52. The van der Waals surface area contributed by atoms with Gasteiger partial charge in [0.1, 0.15) is 11.5 Å². The highest BCUT2D eigenvalue weighted by Crippen LogP contribution is 2.24. The molecule has 0 spiro atoms. The molecule has 1 aromatic carbocycles. The summed E-state index contributed by atoms with van der Waals surface area (Å²) in [4.78, 5) is 16.1. The molecule has 0 atom stereocenters. The van der Waals surface area contributed by atoms with Crippen LogP contribution in [0, 0.1) is 11.6 Å². The molecule has 0 aliphatic carbocycles. The van der Waals surface area contributed by atoms with Gasteiger partial charge in [-0.25, -0.2) is 13.8 Å². The summed E-state index contributed by atoms with van der Waals surface area (Å²) >= 11 is 2.97. The Bertz CT molecular complexity index is 684. The van der Waals surface area contributed by atoms with Gasteiger partial charge in [-0.05, 0) is 30.7 Å². The van der Waals surface area contributed by atoms with Crippen LogP contribution in [0.1, 0.15) is 23.0 Å². The maximum atomic E-state index is 13.7. The van der Waals surface area contributed by atoms with Gasteiger partial charge in [-0.3, -0.25) is 4.79 Å². The highest BCUT2D eigenvalue weighted by molar-refractivity contribution is 9.10. The van der Waals surface area contributed by atoms with Crippen LogP contribution in [-0.2, 0) is 6.42 Å². The number of nitrogens with one attached hydrogen (secondary N) is 1. The minimum Gasteiger partial charge on any atom is -0.384 e. The van der Waals surface area contributed by atoms with Gasteiger partial charge in [0, 0.05) is 15.7 Å². The van der Waals surface area contributed by atoms with Gasteiger partial charge in [0.15, 0.2) is 11.6 Å². The van der Waals surface area contributed by atoms with Crippen molar-refractivity contribution in [1.29, 1.82) is 0 Å².